The molecular formula is C13H8F4O. The summed E-state index contributed by atoms with van der Waals surface area (Å²) in [7, 11) is 0. The first kappa shape index (κ1) is 12.4. The lowest BCUT2D eigenvalue weighted by molar-refractivity contribution is -0.137. The van der Waals surface area contributed by atoms with Gasteiger partial charge in [-0.05, 0) is 41.5 Å². The Hall–Kier alpha value is -2.04. The fourth-order valence-electron chi connectivity index (χ4n) is 1.61. The van der Waals surface area contributed by atoms with Crippen molar-refractivity contribution in [1.29, 1.82) is 0 Å². The molecule has 0 amide bonds. The van der Waals surface area contributed by atoms with Gasteiger partial charge in [-0.15, -0.1) is 0 Å². The van der Waals surface area contributed by atoms with Gasteiger partial charge in [-0.2, -0.15) is 13.2 Å². The highest BCUT2D eigenvalue weighted by molar-refractivity contribution is 5.66. The standard InChI is InChI=1S/C13H8F4O/c14-11-3-1-2-8(5-11)9-4-10(13(15,16)17)7-12(18)6-9/h1-7,18H. The number of rotatable bonds is 1. The highest BCUT2D eigenvalue weighted by Gasteiger charge is 2.31. The minimum atomic E-state index is -4.55. The fourth-order valence-corrected chi connectivity index (χ4v) is 1.61. The van der Waals surface area contributed by atoms with E-state index in [1.165, 1.54) is 18.2 Å². The van der Waals surface area contributed by atoms with Gasteiger partial charge in [0.2, 0.25) is 0 Å². The molecule has 1 nitrogen and oxygen atoms in total. The second-order valence-electron chi connectivity index (χ2n) is 3.78. The molecule has 0 spiro atoms. The van der Waals surface area contributed by atoms with Crippen LogP contribution < -0.4 is 0 Å². The van der Waals surface area contributed by atoms with Gasteiger partial charge in [0.25, 0.3) is 0 Å². The van der Waals surface area contributed by atoms with Crippen molar-refractivity contribution in [3.8, 4) is 16.9 Å². The van der Waals surface area contributed by atoms with Gasteiger partial charge in [-0.1, -0.05) is 12.1 Å². The summed E-state index contributed by atoms with van der Waals surface area (Å²) in [6.07, 6.45) is -4.55. The highest BCUT2D eigenvalue weighted by Crippen LogP contribution is 2.35. The Bertz CT molecular complexity index is 575. The molecule has 0 saturated carbocycles. The van der Waals surface area contributed by atoms with Crippen molar-refractivity contribution in [3.05, 3.63) is 53.8 Å². The molecule has 0 bridgehead atoms. The van der Waals surface area contributed by atoms with Gasteiger partial charge in [-0.3, -0.25) is 0 Å². The Morgan fingerprint density at radius 3 is 2.22 bits per heavy atom. The zero-order chi connectivity index (χ0) is 13.3. The predicted molar refractivity (Wildman–Crippen MR) is 58.5 cm³/mol. The number of halogens is 4. The highest BCUT2D eigenvalue weighted by atomic mass is 19.4. The Kier molecular flexibility index (Phi) is 2.98. The zero-order valence-electron chi connectivity index (χ0n) is 9.00. The van der Waals surface area contributed by atoms with Crippen molar-refractivity contribution in [1.82, 2.24) is 0 Å². The Morgan fingerprint density at radius 2 is 1.61 bits per heavy atom. The third-order valence-electron chi connectivity index (χ3n) is 2.40. The average Bonchev–Trinajstić information content (AvgIpc) is 2.27. The summed E-state index contributed by atoms with van der Waals surface area (Å²) in [6.45, 7) is 0. The number of phenolic OH excluding ortho intramolecular Hbond substituents is 1. The van der Waals surface area contributed by atoms with E-state index in [4.69, 9.17) is 0 Å². The molecule has 0 radical (unpaired) electrons. The second kappa shape index (κ2) is 4.33. The predicted octanol–water partition coefficient (Wildman–Crippen LogP) is 4.22. The van der Waals surface area contributed by atoms with Crippen LogP contribution in [0.15, 0.2) is 42.5 Å². The molecule has 0 aliphatic carbocycles. The molecule has 5 heteroatoms. The molecule has 1 N–H and O–H groups in total. The Labute approximate surface area is 100 Å². The van der Waals surface area contributed by atoms with Crippen LogP contribution in [0.3, 0.4) is 0 Å². The Balaban J connectivity index is 2.55. The number of hydrogen-bond acceptors (Lipinski definition) is 1. The van der Waals surface area contributed by atoms with Gasteiger partial charge in [0, 0.05) is 0 Å². The van der Waals surface area contributed by atoms with E-state index in [-0.39, 0.29) is 11.1 Å². The molecule has 2 rings (SSSR count). The molecular weight excluding hydrogens is 248 g/mol. The van der Waals surface area contributed by atoms with Crippen molar-refractivity contribution in [2.45, 2.75) is 6.18 Å². The molecule has 0 atom stereocenters. The maximum absolute atomic E-state index is 13.0. The molecule has 0 aromatic heterocycles. The van der Waals surface area contributed by atoms with Crippen LogP contribution in [0.2, 0.25) is 0 Å². The quantitative estimate of drug-likeness (QED) is 0.757. The summed E-state index contributed by atoms with van der Waals surface area (Å²) in [6, 6.07) is 7.81. The minimum Gasteiger partial charge on any atom is -0.508 e. The fraction of sp³-hybridized carbons (Fsp3) is 0.0769. The molecule has 0 aliphatic heterocycles. The molecule has 94 valence electrons. The van der Waals surface area contributed by atoms with Gasteiger partial charge < -0.3 is 5.11 Å². The van der Waals surface area contributed by atoms with Gasteiger partial charge in [0.05, 0.1) is 5.56 Å². The van der Waals surface area contributed by atoms with Gasteiger partial charge in [0.1, 0.15) is 11.6 Å². The van der Waals surface area contributed by atoms with E-state index < -0.39 is 23.3 Å². The molecule has 0 heterocycles. The lowest BCUT2D eigenvalue weighted by atomic mass is 10.0. The molecule has 0 saturated heterocycles. The second-order valence-corrected chi connectivity index (χ2v) is 3.78. The number of alkyl halides is 3. The van der Waals surface area contributed by atoms with Gasteiger partial charge in [-0.25, -0.2) is 4.39 Å². The number of benzene rings is 2. The maximum Gasteiger partial charge on any atom is 0.416 e. The van der Waals surface area contributed by atoms with Crippen molar-refractivity contribution in [2.75, 3.05) is 0 Å². The summed E-state index contributed by atoms with van der Waals surface area (Å²) < 4.78 is 50.7. The normalized spacial score (nSPS) is 11.6. The number of phenols is 1. The van der Waals surface area contributed by atoms with E-state index in [0.717, 1.165) is 18.2 Å². The van der Waals surface area contributed by atoms with Crippen LogP contribution in [0.4, 0.5) is 17.6 Å². The van der Waals surface area contributed by atoms with E-state index in [0.29, 0.717) is 6.07 Å². The molecule has 0 fully saturated rings. The van der Waals surface area contributed by atoms with Crippen molar-refractivity contribution in [2.24, 2.45) is 0 Å². The smallest absolute Gasteiger partial charge is 0.416 e. The van der Waals surface area contributed by atoms with Crippen molar-refractivity contribution in [3.63, 3.8) is 0 Å². The molecule has 2 aromatic carbocycles. The van der Waals surface area contributed by atoms with Crippen LogP contribution in [-0.4, -0.2) is 5.11 Å². The maximum atomic E-state index is 13.0. The monoisotopic (exact) mass is 256 g/mol. The molecule has 18 heavy (non-hydrogen) atoms. The summed E-state index contributed by atoms with van der Waals surface area (Å²) in [4.78, 5) is 0. The topological polar surface area (TPSA) is 20.2 Å². The van der Waals surface area contributed by atoms with E-state index in [2.05, 4.69) is 0 Å². The number of hydrogen-bond donors (Lipinski definition) is 1. The van der Waals surface area contributed by atoms with Crippen LogP contribution >= 0.6 is 0 Å². The first-order valence-corrected chi connectivity index (χ1v) is 5.03. The van der Waals surface area contributed by atoms with Crippen LogP contribution in [0.1, 0.15) is 5.56 Å². The average molecular weight is 256 g/mol. The van der Waals surface area contributed by atoms with E-state index in [9.17, 15) is 22.7 Å². The Morgan fingerprint density at radius 1 is 0.889 bits per heavy atom. The number of aromatic hydroxyl groups is 1. The third-order valence-corrected chi connectivity index (χ3v) is 2.40. The molecule has 0 unspecified atom stereocenters. The van der Waals surface area contributed by atoms with Crippen LogP contribution in [0.5, 0.6) is 5.75 Å². The minimum absolute atomic E-state index is 0.113. The van der Waals surface area contributed by atoms with Gasteiger partial charge in [0.15, 0.2) is 0 Å². The van der Waals surface area contributed by atoms with Crippen LogP contribution in [-0.2, 0) is 6.18 Å². The van der Waals surface area contributed by atoms with Crippen molar-refractivity contribution >= 4 is 0 Å². The molecule has 2 aromatic rings. The SMILES string of the molecule is Oc1cc(-c2cccc(F)c2)cc(C(F)(F)F)c1. The van der Waals surface area contributed by atoms with Crippen molar-refractivity contribution < 1.29 is 22.7 Å². The lowest BCUT2D eigenvalue weighted by Crippen LogP contribution is -2.04. The molecule has 0 aliphatic rings. The summed E-state index contributed by atoms with van der Waals surface area (Å²) in [5.41, 5.74) is -0.583. The van der Waals surface area contributed by atoms with E-state index in [1.807, 2.05) is 0 Å². The van der Waals surface area contributed by atoms with E-state index >= 15 is 0 Å². The largest absolute Gasteiger partial charge is 0.508 e. The first-order valence-electron chi connectivity index (χ1n) is 5.03. The summed E-state index contributed by atoms with van der Waals surface area (Å²) in [5.74, 6) is -1.06. The van der Waals surface area contributed by atoms with Gasteiger partial charge >= 0.3 is 6.18 Å². The van der Waals surface area contributed by atoms with Crippen LogP contribution in [0.25, 0.3) is 11.1 Å². The summed E-state index contributed by atoms with van der Waals surface area (Å²) in [5, 5.41) is 9.29. The summed E-state index contributed by atoms with van der Waals surface area (Å²) >= 11 is 0. The van der Waals surface area contributed by atoms with E-state index in [1.54, 1.807) is 0 Å². The zero-order valence-corrected chi connectivity index (χ0v) is 9.00. The lowest BCUT2D eigenvalue weighted by Gasteiger charge is -2.10. The van der Waals surface area contributed by atoms with Crippen LogP contribution in [0, 0.1) is 5.82 Å². The third kappa shape index (κ3) is 2.61. The first-order chi connectivity index (χ1) is 8.36.